The van der Waals surface area contributed by atoms with Crippen LogP contribution in [0.3, 0.4) is 0 Å². The highest BCUT2D eigenvalue weighted by atomic mass is 79.9. The summed E-state index contributed by atoms with van der Waals surface area (Å²) in [5, 5.41) is 4.25. The zero-order valence-electron chi connectivity index (χ0n) is 10.0. The Labute approximate surface area is 110 Å². The summed E-state index contributed by atoms with van der Waals surface area (Å²) in [5.74, 6) is 0. The third-order valence-corrected chi connectivity index (χ3v) is 4.60. The fourth-order valence-electron chi connectivity index (χ4n) is 2.98. The van der Waals surface area contributed by atoms with Crippen LogP contribution in [0.4, 0.5) is 0 Å². The Morgan fingerprint density at radius 2 is 2.12 bits per heavy atom. The quantitative estimate of drug-likeness (QED) is 0.847. The zero-order chi connectivity index (χ0) is 12.0. The summed E-state index contributed by atoms with van der Waals surface area (Å²) in [6, 6.07) is 0.448. The molecule has 3 aliphatic rings. The van der Waals surface area contributed by atoms with Gasteiger partial charge >= 0.3 is 0 Å². The lowest BCUT2D eigenvalue weighted by Crippen LogP contribution is -2.63. The number of nitrogens with two attached hydrogens (primary N) is 1. The molecule has 6 heteroatoms. The summed E-state index contributed by atoms with van der Waals surface area (Å²) in [4.78, 5) is 5.03. The van der Waals surface area contributed by atoms with Crippen LogP contribution in [-0.4, -0.2) is 58.3 Å². The molecule has 0 aliphatic carbocycles. The number of rotatable bonds is 2. The zero-order valence-corrected chi connectivity index (χ0v) is 11.6. The van der Waals surface area contributed by atoms with Crippen LogP contribution in [0, 0.1) is 0 Å². The lowest BCUT2D eigenvalue weighted by atomic mass is 9.98. The third kappa shape index (κ3) is 1.93. The maximum Gasteiger partial charge on any atom is 0.0706 e. The first-order valence-corrected chi connectivity index (χ1v) is 6.85. The fourth-order valence-corrected chi connectivity index (χ4v) is 3.59. The maximum absolute atomic E-state index is 6.44. The highest BCUT2D eigenvalue weighted by Gasteiger charge is 2.37. The van der Waals surface area contributed by atoms with E-state index >= 15 is 0 Å². The normalized spacial score (nSPS) is 33.9. The number of aryl methyl sites for hydroxylation is 1. The van der Waals surface area contributed by atoms with Crippen molar-refractivity contribution in [2.75, 3.05) is 32.7 Å². The topological polar surface area (TPSA) is 50.3 Å². The van der Waals surface area contributed by atoms with E-state index in [4.69, 9.17) is 5.73 Å². The summed E-state index contributed by atoms with van der Waals surface area (Å²) in [6.07, 6.45) is 1.83. The molecular formula is C11H18BrN5. The molecule has 5 nitrogen and oxygen atoms in total. The van der Waals surface area contributed by atoms with Crippen molar-refractivity contribution in [1.29, 1.82) is 0 Å². The second kappa shape index (κ2) is 4.35. The Balaban J connectivity index is 1.85. The largest absolute Gasteiger partial charge is 0.321 e. The first kappa shape index (κ1) is 11.6. The summed E-state index contributed by atoms with van der Waals surface area (Å²) < 4.78 is 2.90. The van der Waals surface area contributed by atoms with Crippen LogP contribution in [0.5, 0.6) is 0 Å². The van der Waals surface area contributed by atoms with E-state index in [1.807, 2.05) is 17.9 Å². The minimum atomic E-state index is 0.0278. The fraction of sp³-hybridized carbons (Fsp3) is 0.727. The first-order chi connectivity index (χ1) is 8.16. The minimum Gasteiger partial charge on any atom is -0.321 e. The van der Waals surface area contributed by atoms with Gasteiger partial charge in [0.15, 0.2) is 0 Å². The van der Waals surface area contributed by atoms with Gasteiger partial charge < -0.3 is 5.73 Å². The van der Waals surface area contributed by atoms with Gasteiger partial charge in [-0.3, -0.25) is 14.5 Å². The molecule has 0 amide bonds. The van der Waals surface area contributed by atoms with E-state index in [0.717, 1.165) is 29.8 Å². The molecule has 1 aromatic rings. The van der Waals surface area contributed by atoms with Crippen molar-refractivity contribution in [3.05, 3.63) is 16.4 Å². The Morgan fingerprint density at radius 3 is 2.59 bits per heavy atom. The third-order valence-electron chi connectivity index (χ3n) is 3.99. The van der Waals surface area contributed by atoms with Crippen LogP contribution in [0.2, 0.25) is 0 Å². The van der Waals surface area contributed by atoms with Crippen LogP contribution in [0.15, 0.2) is 10.7 Å². The van der Waals surface area contributed by atoms with Gasteiger partial charge in [-0.25, -0.2) is 0 Å². The minimum absolute atomic E-state index is 0.0278. The summed E-state index contributed by atoms with van der Waals surface area (Å²) in [6.45, 7) is 5.76. The SMILES string of the molecule is Cn1ncc(Br)c1C(N)C1CN2CCN1CC2. The number of aromatic nitrogens is 2. The molecule has 2 bridgehead atoms. The summed E-state index contributed by atoms with van der Waals surface area (Å²) in [7, 11) is 1.96. The number of halogens is 1. The first-order valence-electron chi connectivity index (χ1n) is 6.06. The van der Waals surface area contributed by atoms with Crippen molar-refractivity contribution in [2.45, 2.75) is 12.1 Å². The molecule has 3 fully saturated rings. The van der Waals surface area contributed by atoms with Gasteiger partial charge in [0.25, 0.3) is 0 Å². The molecule has 0 radical (unpaired) electrons. The van der Waals surface area contributed by atoms with Crippen molar-refractivity contribution in [1.82, 2.24) is 19.6 Å². The lowest BCUT2D eigenvalue weighted by Gasteiger charge is -2.49. The second-order valence-electron chi connectivity index (χ2n) is 4.93. The average molecular weight is 300 g/mol. The van der Waals surface area contributed by atoms with Gasteiger partial charge in [-0.2, -0.15) is 5.10 Å². The van der Waals surface area contributed by atoms with E-state index in [2.05, 4.69) is 30.8 Å². The number of fused-ring (bicyclic) bond motifs is 3. The van der Waals surface area contributed by atoms with Crippen molar-refractivity contribution < 1.29 is 0 Å². The van der Waals surface area contributed by atoms with E-state index in [-0.39, 0.29) is 6.04 Å². The molecule has 0 saturated carbocycles. The van der Waals surface area contributed by atoms with Crippen LogP contribution >= 0.6 is 15.9 Å². The monoisotopic (exact) mass is 299 g/mol. The van der Waals surface area contributed by atoms with Crippen LogP contribution < -0.4 is 5.73 Å². The Hall–Kier alpha value is -0.430. The standard InChI is InChI=1S/C11H18BrN5/c1-15-11(8(12)6-14-15)10(13)9-7-16-2-4-17(9)5-3-16/h6,9-10H,2-5,7,13H2,1H3. The molecule has 4 heterocycles. The summed E-state index contributed by atoms with van der Waals surface area (Å²) >= 11 is 3.54. The predicted octanol–water partition coefficient (Wildman–Crippen LogP) is 0.182. The van der Waals surface area contributed by atoms with Crippen LogP contribution in [0.25, 0.3) is 0 Å². The molecule has 0 spiro atoms. The van der Waals surface area contributed by atoms with E-state index in [0.29, 0.717) is 6.04 Å². The molecule has 2 unspecified atom stereocenters. The molecule has 4 rings (SSSR count). The number of nitrogens with zero attached hydrogens (tertiary/aromatic N) is 4. The Morgan fingerprint density at radius 1 is 1.41 bits per heavy atom. The van der Waals surface area contributed by atoms with Gasteiger partial charge in [0.2, 0.25) is 0 Å². The molecule has 3 aliphatic heterocycles. The highest BCUT2D eigenvalue weighted by molar-refractivity contribution is 9.10. The van der Waals surface area contributed by atoms with E-state index in [1.165, 1.54) is 13.1 Å². The van der Waals surface area contributed by atoms with E-state index in [1.54, 1.807) is 0 Å². The van der Waals surface area contributed by atoms with Crippen molar-refractivity contribution >= 4 is 15.9 Å². The number of hydrogen-bond donors (Lipinski definition) is 1. The van der Waals surface area contributed by atoms with Crippen molar-refractivity contribution in [3.8, 4) is 0 Å². The van der Waals surface area contributed by atoms with Crippen molar-refractivity contribution in [3.63, 3.8) is 0 Å². The molecular weight excluding hydrogens is 282 g/mol. The second-order valence-corrected chi connectivity index (χ2v) is 5.79. The maximum atomic E-state index is 6.44. The molecule has 0 aromatic carbocycles. The Kier molecular flexibility index (Phi) is 2.98. The molecule has 1 aromatic heterocycles. The van der Waals surface area contributed by atoms with Gasteiger partial charge in [0.05, 0.1) is 22.4 Å². The van der Waals surface area contributed by atoms with Crippen molar-refractivity contribution in [2.24, 2.45) is 12.8 Å². The summed E-state index contributed by atoms with van der Waals surface area (Å²) in [5.41, 5.74) is 7.54. The lowest BCUT2D eigenvalue weighted by molar-refractivity contribution is 0.00104. The number of piperazine rings is 3. The molecule has 2 N–H and O–H groups in total. The van der Waals surface area contributed by atoms with Gasteiger partial charge in [-0.1, -0.05) is 0 Å². The Bertz CT molecular complexity index is 390. The molecule has 3 saturated heterocycles. The van der Waals surface area contributed by atoms with Gasteiger partial charge in [-0.05, 0) is 15.9 Å². The van der Waals surface area contributed by atoms with Crippen LogP contribution in [-0.2, 0) is 7.05 Å². The number of hydrogen-bond acceptors (Lipinski definition) is 4. The van der Waals surface area contributed by atoms with E-state index < -0.39 is 0 Å². The van der Waals surface area contributed by atoms with Gasteiger partial charge in [0, 0.05) is 45.8 Å². The van der Waals surface area contributed by atoms with Crippen LogP contribution in [0.1, 0.15) is 11.7 Å². The van der Waals surface area contributed by atoms with Gasteiger partial charge in [-0.15, -0.1) is 0 Å². The highest BCUT2D eigenvalue weighted by Crippen LogP contribution is 2.29. The van der Waals surface area contributed by atoms with Gasteiger partial charge in [0.1, 0.15) is 0 Å². The predicted molar refractivity (Wildman–Crippen MR) is 69.6 cm³/mol. The van der Waals surface area contributed by atoms with E-state index in [9.17, 15) is 0 Å². The smallest absolute Gasteiger partial charge is 0.0706 e. The average Bonchev–Trinajstić information content (AvgIpc) is 2.70. The molecule has 17 heavy (non-hydrogen) atoms. The molecule has 94 valence electrons. The molecule has 2 atom stereocenters.